The van der Waals surface area contributed by atoms with E-state index in [1.165, 1.54) is 23.3 Å². The van der Waals surface area contributed by atoms with Crippen LogP contribution in [-0.2, 0) is 9.53 Å². The zero-order valence-corrected chi connectivity index (χ0v) is 18.3. The maximum atomic E-state index is 12.5. The number of anilines is 2. The van der Waals surface area contributed by atoms with Crippen LogP contribution < -0.4 is 14.8 Å². The van der Waals surface area contributed by atoms with Crippen LogP contribution >= 0.6 is 23.3 Å². The number of hydrogen-bond acceptors (Lipinski definition) is 7. The first-order chi connectivity index (χ1) is 14.6. The van der Waals surface area contributed by atoms with Crippen molar-refractivity contribution in [3.05, 3.63) is 66.2 Å². The number of thiophene rings is 1. The highest BCUT2D eigenvalue weighted by Gasteiger charge is 2.20. The van der Waals surface area contributed by atoms with Crippen LogP contribution in [0.25, 0.3) is 10.4 Å². The second kappa shape index (κ2) is 10.7. The van der Waals surface area contributed by atoms with Crippen LogP contribution in [0.1, 0.15) is 17.3 Å². The molecule has 0 saturated heterocycles. The molecule has 2 N–H and O–H groups in total. The molecule has 3 rings (SSSR count). The smallest absolute Gasteiger partial charge is 0.341 e. The molecule has 156 valence electrons. The van der Waals surface area contributed by atoms with Crippen LogP contribution in [0, 0.1) is 0 Å². The van der Waals surface area contributed by atoms with Crippen LogP contribution in [0.15, 0.2) is 60.7 Å². The molecule has 0 aliphatic carbocycles. The lowest BCUT2D eigenvalue weighted by molar-refractivity contribution is -0.118. The Morgan fingerprint density at radius 2 is 1.87 bits per heavy atom. The maximum Gasteiger partial charge on any atom is 0.341 e. The van der Waals surface area contributed by atoms with Crippen LogP contribution in [0.3, 0.4) is 0 Å². The minimum absolute atomic E-state index is 0.177. The molecule has 1 aromatic heterocycles. The Bertz CT molecular complexity index is 1010. The first-order valence-electron chi connectivity index (χ1n) is 9.28. The molecule has 0 fully saturated rings. The average Bonchev–Trinajstić information content (AvgIpc) is 3.17. The third kappa shape index (κ3) is 5.77. The predicted molar refractivity (Wildman–Crippen MR) is 123 cm³/mol. The minimum Gasteiger partial charge on any atom is -0.484 e. The monoisotopic (exact) mass is 442 g/mol. The zero-order chi connectivity index (χ0) is 21.3. The van der Waals surface area contributed by atoms with Gasteiger partial charge in [0.2, 0.25) is 0 Å². The van der Waals surface area contributed by atoms with Gasteiger partial charge in [-0.05, 0) is 30.7 Å². The Hall–Kier alpha value is -2.97. The summed E-state index contributed by atoms with van der Waals surface area (Å²) in [7, 11) is 0. The summed E-state index contributed by atoms with van der Waals surface area (Å²) in [6.07, 6.45) is 1.92. The molecule has 2 aromatic carbocycles. The molecule has 0 atom stereocenters. The van der Waals surface area contributed by atoms with Crippen molar-refractivity contribution in [2.45, 2.75) is 6.92 Å². The molecule has 0 aliphatic heterocycles. The van der Waals surface area contributed by atoms with Crippen LogP contribution in [-0.4, -0.2) is 31.3 Å². The molecule has 3 aromatic rings. The van der Waals surface area contributed by atoms with Crippen LogP contribution in [0.4, 0.5) is 10.7 Å². The second-order valence-corrected chi connectivity index (χ2v) is 7.78. The quantitative estimate of drug-likeness (QED) is 0.346. The van der Waals surface area contributed by atoms with Crippen molar-refractivity contribution < 1.29 is 19.1 Å². The number of ether oxygens (including phenoxy) is 2. The molecule has 0 aliphatic rings. The summed E-state index contributed by atoms with van der Waals surface area (Å²) < 4.78 is 13.8. The summed E-state index contributed by atoms with van der Waals surface area (Å²) in [4.78, 5) is 25.7. The van der Waals surface area contributed by atoms with E-state index in [0.717, 1.165) is 16.1 Å². The van der Waals surface area contributed by atoms with Gasteiger partial charge >= 0.3 is 5.97 Å². The Morgan fingerprint density at radius 1 is 1.07 bits per heavy atom. The van der Waals surface area contributed by atoms with Crippen molar-refractivity contribution in [1.29, 1.82) is 0 Å². The standard InChI is InChI=1S/C22H22N2O4S2/c1-3-27-22(26)18-13-19(15-8-5-4-6-9-15)30-21(18)23-20(25)14-28-17-11-7-10-16(12-17)24-29-2/h4-13,24H,3,14H2,1-2H3,(H,23,25). The number of benzene rings is 2. The average molecular weight is 443 g/mol. The Morgan fingerprint density at radius 3 is 2.60 bits per heavy atom. The maximum absolute atomic E-state index is 12.5. The molecule has 0 radical (unpaired) electrons. The lowest BCUT2D eigenvalue weighted by atomic mass is 10.1. The lowest BCUT2D eigenvalue weighted by Crippen LogP contribution is -2.21. The van der Waals surface area contributed by atoms with Crippen molar-refractivity contribution in [3.8, 4) is 16.2 Å². The van der Waals surface area contributed by atoms with Crippen molar-refractivity contribution in [3.63, 3.8) is 0 Å². The molecule has 6 nitrogen and oxygen atoms in total. The third-order valence-electron chi connectivity index (χ3n) is 3.96. The summed E-state index contributed by atoms with van der Waals surface area (Å²) in [5.74, 6) is -0.251. The first-order valence-corrected chi connectivity index (χ1v) is 11.3. The fourth-order valence-corrected chi connectivity index (χ4v) is 4.10. The van der Waals surface area contributed by atoms with E-state index in [0.29, 0.717) is 16.3 Å². The van der Waals surface area contributed by atoms with Gasteiger partial charge in [0.15, 0.2) is 6.61 Å². The summed E-state index contributed by atoms with van der Waals surface area (Å²) in [6, 6.07) is 18.8. The lowest BCUT2D eigenvalue weighted by Gasteiger charge is -2.09. The first kappa shape index (κ1) is 21.7. The second-order valence-electron chi connectivity index (χ2n) is 6.11. The molecule has 1 amide bonds. The summed E-state index contributed by atoms with van der Waals surface area (Å²) >= 11 is 2.80. The van der Waals surface area contributed by atoms with Crippen molar-refractivity contribution in [2.24, 2.45) is 0 Å². The van der Waals surface area contributed by atoms with Gasteiger partial charge in [-0.1, -0.05) is 48.3 Å². The molecule has 0 bridgehead atoms. The van der Waals surface area contributed by atoms with Gasteiger partial charge in [0.05, 0.1) is 12.2 Å². The van der Waals surface area contributed by atoms with Crippen molar-refractivity contribution in [1.82, 2.24) is 0 Å². The highest BCUT2D eigenvalue weighted by molar-refractivity contribution is 7.99. The molecule has 8 heteroatoms. The SMILES string of the molecule is CCOC(=O)c1cc(-c2ccccc2)sc1NC(=O)COc1cccc(NSC)c1. The molecule has 0 unspecified atom stereocenters. The topological polar surface area (TPSA) is 76.7 Å². The Labute approximate surface area is 183 Å². The highest BCUT2D eigenvalue weighted by atomic mass is 32.2. The molecule has 1 heterocycles. The summed E-state index contributed by atoms with van der Waals surface area (Å²) in [6.45, 7) is 1.82. The van der Waals surface area contributed by atoms with Crippen molar-refractivity contribution in [2.75, 3.05) is 29.5 Å². The van der Waals surface area contributed by atoms with E-state index in [9.17, 15) is 9.59 Å². The van der Waals surface area contributed by atoms with Gasteiger partial charge in [-0.2, -0.15) is 0 Å². The Kier molecular flexibility index (Phi) is 7.75. The highest BCUT2D eigenvalue weighted by Crippen LogP contribution is 2.36. The number of esters is 1. The number of carbonyl (C=O) groups excluding carboxylic acids is 2. The molecule has 0 saturated carbocycles. The number of rotatable bonds is 9. The van der Waals surface area contributed by atoms with Gasteiger partial charge in [0.1, 0.15) is 10.8 Å². The van der Waals surface area contributed by atoms with Crippen LogP contribution in [0.2, 0.25) is 0 Å². The summed E-state index contributed by atoms with van der Waals surface area (Å²) in [5.41, 5.74) is 2.18. The largest absolute Gasteiger partial charge is 0.484 e. The van der Waals surface area contributed by atoms with Crippen molar-refractivity contribution >= 4 is 45.8 Å². The van der Waals surface area contributed by atoms with Gasteiger partial charge in [-0.15, -0.1) is 11.3 Å². The van der Waals surface area contributed by atoms with Gasteiger partial charge in [-0.3, -0.25) is 4.79 Å². The van der Waals surface area contributed by atoms with E-state index in [4.69, 9.17) is 9.47 Å². The van der Waals surface area contributed by atoms with Gasteiger partial charge in [0.25, 0.3) is 5.91 Å². The van der Waals surface area contributed by atoms with E-state index >= 15 is 0 Å². The minimum atomic E-state index is -0.469. The number of carbonyl (C=O) groups is 2. The number of amides is 1. The number of nitrogens with one attached hydrogen (secondary N) is 2. The third-order valence-corrected chi connectivity index (χ3v) is 5.50. The molecule has 30 heavy (non-hydrogen) atoms. The number of hydrogen-bond donors (Lipinski definition) is 2. The predicted octanol–water partition coefficient (Wildman–Crippen LogP) is 5.30. The van der Waals surface area contributed by atoms with Gasteiger partial charge in [-0.25, -0.2) is 4.79 Å². The fraction of sp³-hybridized carbons (Fsp3) is 0.182. The van der Waals surface area contributed by atoms with Crippen LogP contribution in [0.5, 0.6) is 5.75 Å². The van der Waals surface area contributed by atoms with E-state index in [2.05, 4.69) is 10.0 Å². The van der Waals surface area contributed by atoms with E-state index < -0.39 is 5.97 Å². The molecular weight excluding hydrogens is 420 g/mol. The van der Waals surface area contributed by atoms with Gasteiger partial charge in [0, 0.05) is 22.9 Å². The molecular formula is C22H22N2O4S2. The normalized spacial score (nSPS) is 10.3. The van der Waals surface area contributed by atoms with E-state index in [-0.39, 0.29) is 19.1 Å². The van der Waals surface area contributed by atoms with E-state index in [1.54, 1.807) is 19.1 Å². The Balaban J connectivity index is 1.72. The molecule has 0 spiro atoms. The van der Waals surface area contributed by atoms with Gasteiger partial charge < -0.3 is 19.5 Å². The summed E-state index contributed by atoms with van der Waals surface area (Å²) in [5, 5.41) is 3.23. The van der Waals surface area contributed by atoms with E-state index in [1.807, 2.05) is 54.8 Å². The zero-order valence-electron chi connectivity index (χ0n) is 16.6. The fourth-order valence-electron chi connectivity index (χ4n) is 2.67.